The summed E-state index contributed by atoms with van der Waals surface area (Å²) in [6.07, 6.45) is 6.31. The standard InChI is InChI=1S/C20H22N6OS/c1-2-16-19(28-25-24-16)20(27)26-11-5-6-14(13-26)17-9-8-15(12-22-17)23-18-7-3-4-10-21-18/h3-4,7-10,12,14H,2,5-6,11,13H2,1H3,(H,21,23)/t14-/m0/s1. The lowest BCUT2D eigenvalue weighted by atomic mass is 9.94. The number of hydrogen-bond donors (Lipinski definition) is 1. The highest BCUT2D eigenvalue weighted by Gasteiger charge is 2.28. The van der Waals surface area contributed by atoms with Crippen molar-refractivity contribution in [3.8, 4) is 0 Å². The first kappa shape index (κ1) is 18.5. The first-order chi connectivity index (χ1) is 13.7. The van der Waals surface area contributed by atoms with Gasteiger partial charge in [-0.3, -0.25) is 9.78 Å². The summed E-state index contributed by atoms with van der Waals surface area (Å²) in [6, 6.07) is 9.79. The highest BCUT2D eigenvalue weighted by Crippen LogP contribution is 2.28. The fourth-order valence-corrected chi connectivity index (χ4v) is 4.17. The van der Waals surface area contributed by atoms with Crippen LogP contribution in [0.2, 0.25) is 0 Å². The van der Waals surface area contributed by atoms with Gasteiger partial charge in [-0.05, 0) is 55.1 Å². The molecule has 1 fully saturated rings. The Morgan fingerprint density at radius 3 is 2.96 bits per heavy atom. The molecule has 4 rings (SSSR count). The number of rotatable bonds is 5. The molecule has 0 radical (unpaired) electrons. The van der Waals surface area contributed by atoms with Crippen LogP contribution in [0.25, 0.3) is 0 Å². The van der Waals surface area contributed by atoms with Gasteiger partial charge >= 0.3 is 0 Å². The number of pyridine rings is 2. The molecule has 3 aromatic heterocycles. The normalized spacial score (nSPS) is 16.8. The molecule has 1 atom stereocenters. The Morgan fingerprint density at radius 1 is 1.29 bits per heavy atom. The number of aromatic nitrogens is 4. The molecular formula is C20H22N6OS. The molecule has 1 saturated heterocycles. The molecule has 1 N–H and O–H groups in total. The number of hydrogen-bond acceptors (Lipinski definition) is 7. The van der Waals surface area contributed by atoms with E-state index in [0.717, 1.165) is 48.7 Å². The van der Waals surface area contributed by atoms with Crippen LogP contribution in [0.1, 0.15) is 46.7 Å². The zero-order valence-corrected chi connectivity index (χ0v) is 16.5. The molecule has 144 valence electrons. The second-order valence-electron chi connectivity index (χ2n) is 6.80. The molecule has 7 nitrogen and oxygen atoms in total. The van der Waals surface area contributed by atoms with Crippen LogP contribution in [0, 0.1) is 0 Å². The Hall–Kier alpha value is -2.87. The van der Waals surface area contributed by atoms with Gasteiger partial charge in [-0.25, -0.2) is 4.98 Å². The third kappa shape index (κ3) is 4.01. The number of carbonyl (C=O) groups is 1. The highest BCUT2D eigenvalue weighted by molar-refractivity contribution is 7.08. The maximum Gasteiger partial charge on any atom is 0.267 e. The number of anilines is 2. The lowest BCUT2D eigenvalue weighted by Gasteiger charge is -2.32. The van der Waals surface area contributed by atoms with Gasteiger partial charge in [0.05, 0.1) is 17.6 Å². The van der Waals surface area contributed by atoms with Crippen molar-refractivity contribution in [2.24, 2.45) is 0 Å². The van der Waals surface area contributed by atoms with E-state index in [-0.39, 0.29) is 11.8 Å². The molecule has 28 heavy (non-hydrogen) atoms. The zero-order valence-electron chi connectivity index (χ0n) is 15.7. The Kier molecular flexibility index (Phi) is 5.57. The third-order valence-corrected chi connectivity index (χ3v) is 5.69. The van der Waals surface area contributed by atoms with E-state index in [2.05, 4.69) is 24.9 Å². The molecule has 1 amide bonds. The Labute approximate surface area is 168 Å². The quantitative estimate of drug-likeness (QED) is 0.711. The van der Waals surface area contributed by atoms with E-state index in [1.165, 1.54) is 11.5 Å². The van der Waals surface area contributed by atoms with Crippen molar-refractivity contribution < 1.29 is 4.79 Å². The van der Waals surface area contributed by atoms with Crippen molar-refractivity contribution >= 4 is 28.9 Å². The molecule has 1 aliphatic rings. The van der Waals surface area contributed by atoms with Gasteiger partial charge in [-0.15, -0.1) is 5.10 Å². The van der Waals surface area contributed by atoms with Crippen LogP contribution in [0.3, 0.4) is 0 Å². The van der Waals surface area contributed by atoms with Gasteiger partial charge in [0.1, 0.15) is 10.7 Å². The van der Waals surface area contributed by atoms with Gasteiger partial charge in [0.2, 0.25) is 0 Å². The number of nitrogens with one attached hydrogen (secondary N) is 1. The SMILES string of the molecule is CCc1nnsc1C(=O)N1CCC[C@H](c2ccc(Nc3ccccn3)cn2)C1. The minimum atomic E-state index is 0.0463. The topological polar surface area (TPSA) is 83.9 Å². The summed E-state index contributed by atoms with van der Waals surface area (Å²) in [5.41, 5.74) is 2.71. The van der Waals surface area contributed by atoms with Gasteiger partial charge in [-0.1, -0.05) is 17.5 Å². The van der Waals surface area contributed by atoms with E-state index in [0.29, 0.717) is 11.4 Å². The van der Waals surface area contributed by atoms with E-state index in [9.17, 15) is 4.79 Å². The predicted octanol–water partition coefficient (Wildman–Crippen LogP) is 3.65. The summed E-state index contributed by atoms with van der Waals surface area (Å²) < 4.78 is 3.95. The second-order valence-corrected chi connectivity index (χ2v) is 7.56. The minimum absolute atomic E-state index is 0.0463. The number of nitrogens with zero attached hydrogens (tertiary/aromatic N) is 5. The van der Waals surface area contributed by atoms with Crippen molar-refractivity contribution in [2.75, 3.05) is 18.4 Å². The number of likely N-dealkylation sites (tertiary alicyclic amines) is 1. The monoisotopic (exact) mass is 394 g/mol. The van der Waals surface area contributed by atoms with Crippen molar-refractivity contribution in [2.45, 2.75) is 32.1 Å². The van der Waals surface area contributed by atoms with Crippen LogP contribution in [-0.2, 0) is 6.42 Å². The molecule has 0 bridgehead atoms. The molecule has 1 aliphatic heterocycles. The number of amides is 1. The molecule has 0 aromatic carbocycles. The summed E-state index contributed by atoms with van der Waals surface area (Å²) in [5, 5.41) is 7.31. The molecule has 3 aromatic rings. The largest absolute Gasteiger partial charge is 0.339 e. The summed E-state index contributed by atoms with van der Waals surface area (Å²) in [5.74, 6) is 1.08. The average Bonchev–Trinajstić information content (AvgIpc) is 3.23. The van der Waals surface area contributed by atoms with Gasteiger partial charge in [0.25, 0.3) is 5.91 Å². The maximum atomic E-state index is 12.9. The summed E-state index contributed by atoms with van der Waals surface area (Å²) in [6.45, 7) is 3.45. The van der Waals surface area contributed by atoms with Crippen LogP contribution in [0.4, 0.5) is 11.5 Å². The van der Waals surface area contributed by atoms with E-state index in [4.69, 9.17) is 0 Å². The molecule has 8 heteroatoms. The Balaban J connectivity index is 1.43. The highest BCUT2D eigenvalue weighted by atomic mass is 32.1. The van der Waals surface area contributed by atoms with Crippen molar-refractivity contribution in [3.05, 3.63) is 59.0 Å². The van der Waals surface area contributed by atoms with E-state index in [1.54, 1.807) is 6.20 Å². The third-order valence-electron chi connectivity index (χ3n) is 4.94. The second kappa shape index (κ2) is 8.43. The minimum Gasteiger partial charge on any atom is -0.339 e. The van der Waals surface area contributed by atoms with Crippen LogP contribution in [-0.4, -0.2) is 43.5 Å². The maximum absolute atomic E-state index is 12.9. The zero-order chi connectivity index (χ0) is 19.3. The first-order valence-electron chi connectivity index (χ1n) is 9.49. The number of piperidine rings is 1. The van der Waals surface area contributed by atoms with Crippen molar-refractivity contribution in [3.63, 3.8) is 0 Å². The summed E-state index contributed by atoms with van der Waals surface area (Å²) in [4.78, 5) is 24.4. The predicted molar refractivity (Wildman–Crippen MR) is 109 cm³/mol. The van der Waals surface area contributed by atoms with Crippen LogP contribution >= 0.6 is 11.5 Å². The first-order valence-corrected chi connectivity index (χ1v) is 10.3. The molecule has 4 heterocycles. The van der Waals surface area contributed by atoms with Gasteiger partial charge < -0.3 is 10.2 Å². The van der Waals surface area contributed by atoms with Crippen molar-refractivity contribution in [1.29, 1.82) is 0 Å². The van der Waals surface area contributed by atoms with E-state index in [1.807, 2.05) is 48.4 Å². The number of carbonyl (C=O) groups excluding carboxylic acids is 1. The number of aryl methyl sites for hydroxylation is 1. The molecule has 0 unspecified atom stereocenters. The van der Waals surface area contributed by atoms with Crippen LogP contribution in [0.15, 0.2) is 42.7 Å². The average molecular weight is 395 g/mol. The van der Waals surface area contributed by atoms with Gasteiger partial charge in [-0.2, -0.15) is 0 Å². The lowest BCUT2D eigenvalue weighted by molar-refractivity contribution is 0.0709. The lowest BCUT2D eigenvalue weighted by Crippen LogP contribution is -2.39. The molecule has 0 spiro atoms. The fourth-order valence-electron chi connectivity index (χ4n) is 3.45. The Bertz CT molecular complexity index is 927. The summed E-state index contributed by atoms with van der Waals surface area (Å²) in [7, 11) is 0. The van der Waals surface area contributed by atoms with E-state index >= 15 is 0 Å². The van der Waals surface area contributed by atoms with Crippen LogP contribution < -0.4 is 5.32 Å². The molecule has 0 saturated carbocycles. The van der Waals surface area contributed by atoms with Crippen LogP contribution in [0.5, 0.6) is 0 Å². The smallest absolute Gasteiger partial charge is 0.267 e. The van der Waals surface area contributed by atoms with Crippen molar-refractivity contribution in [1.82, 2.24) is 24.5 Å². The summed E-state index contributed by atoms with van der Waals surface area (Å²) >= 11 is 1.19. The molecular weight excluding hydrogens is 372 g/mol. The Morgan fingerprint density at radius 2 is 2.21 bits per heavy atom. The van der Waals surface area contributed by atoms with Gasteiger partial charge in [0.15, 0.2) is 0 Å². The fraction of sp³-hybridized carbons (Fsp3) is 0.350. The van der Waals surface area contributed by atoms with E-state index < -0.39 is 0 Å². The molecule has 0 aliphatic carbocycles. The van der Waals surface area contributed by atoms with Gasteiger partial charge in [0, 0.05) is 30.9 Å².